The van der Waals surface area contributed by atoms with Gasteiger partial charge in [0.15, 0.2) is 0 Å². The molecule has 0 aromatic heterocycles. The molecule has 0 radical (unpaired) electrons. The zero-order valence-electron chi connectivity index (χ0n) is 5.24. The molecule has 0 fully saturated rings. The van der Waals surface area contributed by atoms with E-state index in [0.29, 0.717) is 0 Å². The summed E-state index contributed by atoms with van der Waals surface area (Å²) in [7, 11) is 0. The van der Waals surface area contributed by atoms with Crippen molar-refractivity contribution in [2.45, 2.75) is 6.42 Å². The normalized spacial score (nSPS) is 26.7. The molecule has 0 amide bonds. The molecule has 9 heavy (non-hydrogen) atoms. The van der Waals surface area contributed by atoms with Gasteiger partial charge in [-0.15, -0.1) is 0 Å². The Balaban J connectivity index is 2.17. The lowest BCUT2D eigenvalue weighted by Crippen LogP contribution is -2.24. The molecular formula is C6H10N2S. The summed E-state index contributed by atoms with van der Waals surface area (Å²) in [6, 6.07) is 0. The van der Waals surface area contributed by atoms with Crippen molar-refractivity contribution >= 4 is 11.9 Å². The van der Waals surface area contributed by atoms with Crippen LogP contribution in [0, 0.1) is 0 Å². The Bertz CT molecular complexity index is 137. The summed E-state index contributed by atoms with van der Waals surface area (Å²) < 4.78 is 3.27. The van der Waals surface area contributed by atoms with Crippen molar-refractivity contribution in [3.8, 4) is 0 Å². The maximum Gasteiger partial charge on any atom is 0.0296 e. The van der Waals surface area contributed by atoms with E-state index in [-0.39, 0.29) is 0 Å². The van der Waals surface area contributed by atoms with Crippen LogP contribution in [0.3, 0.4) is 0 Å². The Morgan fingerprint density at radius 1 is 1.33 bits per heavy atom. The third-order valence-corrected chi connectivity index (χ3v) is 2.77. The fourth-order valence-corrected chi connectivity index (χ4v) is 2.12. The van der Waals surface area contributed by atoms with Gasteiger partial charge in [0, 0.05) is 24.5 Å². The van der Waals surface area contributed by atoms with E-state index in [9.17, 15) is 0 Å². The first kappa shape index (κ1) is 5.77. The molecule has 3 heteroatoms. The molecule has 0 unspecified atom stereocenters. The summed E-state index contributed by atoms with van der Waals surface area (Å²) in [4.78, 5) is 1.58. The van der Waals surface area contributed by atoms with Gasteiger partial charge in [-0.1, -0.05) is 0 Å². The number of nitrogens with one attached hydrogen (secondary N) is 2. The van der Waals surface area contributed by atoms with Gasteiger partial charge in [-0.3, -0.25) is 4.72 Å². The lowest BCUT2D eigenvalue weighted by molar-refractivity contribution is 0.691. The first-order chi connectivity index (χ1) is 4.47. The summed E-state index contributed by atoms with van der Waals surface area (Å²) in [5, 5.41) is 3.34. The largest absolute Gasteiger partial charge is 0.313 e. The maximum atomic E-state index is 3.34. The fraction of sp³-hybridized carbons (Fsp3) is 0.667. The molecule has 0 spiro atoms. The second-order valence-corrected chi connectivity index (χ2v) is 3.36. The molecule has 0 bridgehead atoms. The highest BCUT2D eigenvalue weighted by atomic mass is 32.2. The molecule has 0 aromatic carbocycles. The van der Waals surface area contributed by atoms with Gasteiger partial charge in [0.25, 0.3) is 0 Å². The summed E-state index contributed by atoms with van der Waals surface area (Å²) in [5.74, 6) is 0. The number of hydrogen-bond donors (Lipinski definition) is 2. The van der Waals surface area contributed by atoms with Crippen LogP contribution < -0.4 is 10.0 Å². The highest BCUT2D eigenvalue weighted by Crippen LogP contribution is 2.27. The average molecular weight is 142 g/mol. The predicted octanol–water partition coefficient (Wildman–Crippen LogP) is 0.485. The Morgan fingerprint density at radius 2 is 2.33 bits per heavy atom. The molecule has 0 aromatic rings. The smallest absolute Gasteiger partial charge is 0.0296 e. The van der Waals surface area contributed by atoms with Gasteiger partial charge in [0.05, 0.1) is 0 Å². The fourth-order valence-electron chi connectivity index (χ4n) is 1.21. The van der Waals surface area contributed by atoms with E-state index >= 15 is 0 Å². The molecule has 50 valence electrons. The molecule has 2 aliphatic heterocycles. The van der Waals surface area contributed by atoms with Crippen molar-refractivity contribution in [1.29, 1.82) is 0 Å². The van der Waals surface area contributed by atoms with Gasteiger partial charge < -0.3 is 5.32 Å². The molecule has 0 saturated heterocycles. The van der Waals surface area contributed by atoms with Gasteiger partial charge in [0.1, 0.15) is 0 Å². The molecule has 2 rings (SSSR count). The first-order valence-electron chi connectivity index (χ1n) is 3.28. The van der Waals surface area contributed by atoms with Gasteiger partial charge in [-0.05, 0) is 23.9 Å². The second kappa shape index (κ2) is 2.33. The van der Waals surface area contributed by atoms with Crippen LogP contribution in [-0.4, -0.2) is 19.6 Å². The van der Waals surface area contributed by atoms with Crippen LogP contribution in [0.1, 0.15) is 6.42 Å². The van der Waals surface area contributed by atoms with E-state index in [1.807, 2.05) is 11.9 Å². The van der Waals surface area contributed by atoms with Gasteiger partial charge in [-0.2, -0.15) is 0 Å². The third-order valence-electron chi connectivity index (χ3n) is 1.74. The van der Waals surface area contributed by atoms with Crippen LogP contribution in [0.25, 0.3) is 0 Å². The van der Waals surface area contributed by atoms with E-state index in [1.54, 1.807) is 10.5 Å². The lowest BCUT2D eigenvalue weighted by Gasteiger charge is -2.12. The molecule has 2 nitrogen and oxygen atoms in total. The van der Waals surface area contributed by atoms with Crippen molar-refractivity contribution in [2.75, 3.05) is 19.6 Å². The highest BCUT2D eigenvalue weighted by molar-refractivity contribution is 8.01. The van der Waals surface area contributed by atoms with E-state index < -0.39 is 0 Å². The maximum absolute atomic E-state index is 3.34. The molecular weight excluding hydrogens is 132 g/mol. The third kappa shape index (κ3) is 1.000. The van der Waals surface area contributed by atoms with E-state index in [0.717, 1.165) is 19.6 Å². The van der Waals surface area contributed by atoms with Gasteiger partial charge in [0.2, 0.25) is 0 Å². The molecule has 0 atom stereocenters. The van der Waals surface area contributed by atoms with Gasteiger partial charge in [-0.25, -0.2) is 0 Å². The summed E-state index contributed by atoms with van der Waals surface area (Å²) in [5.41, 5.74) is 1.58. The van der Waals surface area contributed by atoms with Crippen molar-refractivity contribution in [2.24, 2.45) is 0 Å². The lowest BCUT2D eigenvalue weighted by atomic mass is 10.1. The Hall–Kier alpha value is 0.0100. The van der Waals surface area contributed by atoms with Gasteiger partial charge >= 0.3 is 0 Å². The predicted molar refractivity (Wildman–Crippen MR) is 40.1 cm³/mol. The molecule has 2 aliphatic rings. The summed E-state index contributed by atoms with van der Waals surface area (Å²) in [6.45, 7) is 3.36. The van der Waals surface area contributed by atoms with Crippen LogP contribution in [0.5, 0.6) is 0 Å². The Kier molecular flexibility index (Phi) is 1.49. The topological polar surface area (TPSA) is 24.1 Å². The quantitative estimate of drug-likeness (QED) is 0.481. The number of rotatable bonds is 0. The molecule has 2 N–H and O–H groups in total. The minimum absolute atomic E-state index is 1.09. The zero-order valence-corrected chi connectivity index (χ0v) is 6.05. The van der Waals surface area contributed by atoms with Crippen LogP contribution in [0.4, 0.5) is 0 Å². The highest BCUT2D eigenvalue weighted by Gasteiger charge is 2.16. The van der Waals surface area contributed by atoms with E-state index in [1.165, 1.54) is 6.42 Å². The van der Waals surface area contributed by atoms with Crippen LogP contribution >= 0.6 is 11.9 Å². The van der Waals surface area contributed by atoms with Crippen LogP contribution in [0.15, 0.2) is 10.5 Å². The summed E-state index contributed by atoms with van der Waals surface area (Å²) in [6.07, 6.45) is 1.23. The first-order valence-corrected chi connectivity index (χ1v) is 4.10. The molecule has 0 saturated carbocycles. The minimum Gasteiger partial charge on any atom is -0.313 e. The molecule has 2 heterocycles. The summed E-state index contributed by atoms with van der Waals surface area (Å²) >= 11 is 1.82. The standard InChI is InChI=1S/C6H10N2S/c1-2-7-3-5-4-8-9-6(1)5/h7-8H,1-4H2. The minimum atomic E-state index is 1.09. The van der Waals surface area contributed by atoms with Crippen LogP contribution in [-0.2, 0) is 0 Å². The van der Waals surface area contributed by atoms with Crippen molar-refractivity contribution in [1.82, 2.24) is 10.0 Å². The monoisotopic (exact) mass is 142 g/mol. The van der Waals surface area contributed by atoms with E-state index in [2.05, 4.69) is 10.0 Å². The van der Waals surface area contributed by atoms with Crippen molar-refractivity contribution in [3.05, 3.63) is 10.5 Å². The average Bonchev–Trinajstić information content (AvgIpc) is 2.33. The SMILES string of the molecule is C1CC2=C(CN1)CNS2. The van der Waals surface area contributed by atoms with E-state index in [4.69, 9.17) is 0 Å². The Labute approximate surface area is 59.2 Å². The van der Waals surface area contributed by atoms with Crippen molar-refractivity contribution in [3.63, 3.8) is 0 Å². The number of hydrogen-bond acceptors (Lipinski definition) is 3. The van der Waals surface area contributed by atoms with Crippen LogP contribution in [0.2, 0.25) is 0 Å². The van der Waals surface area contributed by atoms with Crippen molar-refractivity contribution < 1.29 is 0 Å². The zero-order chi connectivity index (χ0) is 6.10. The molecule has 0 aliphatic carbocycles. The second-order valence-electron chi connectivity index (χ2n) is 2.38. The Morgan fingerprint density at radius 3 is 3.22 bits per heavy atom.